The second kappa shape index (κ2) is 7.17. The van der Waals surface area contributed by atoms with E-state index in [4.69, 9.17) is 14.2 Å². The standard InChI is InChI=1S/C15H22N2O4/c1-10(2)17-14(18)4-5-16-8-11-6-12(19-3)15-13(7-11)20-9-21-15/h6-7,10,16H,4-5,8-9H2,1-3H3,(H,17,18). The summed E-state index contributed by atoms with van der Waals surface area (Å²) in [5.74, 6) is 2.07. The Hall–Kier alpha value is -1.95. The maximum Gasteiger partial charge on any atom is 0.231 e. The average molecular weight is 294 g/mol. The number of carbonyl (C=O) groups excluding carboxylic acids is 1. The fourth-order valence-corrected chi connectivity index (χ4v) is 2.11. The first-order valence-electron chi connectivity index (χ1n) is 7.06. The SMILES string of the molecule is COc1cc(CNCCC(=O)NC(C)C)cc2c1OCO2. The molecule has 1 aliphatic heterocycles. The molecule has 1 aromatic carbocycles. The molecule has 0 saturated carbocycles. The Morgan fingerprint density at radius 3 is 2.90 bits per heavy atom. The topological polar surface area (TPSA) is 68.8 Å². The van der Waals surface area contributed by atoms with Gasteiger partial charge in [-0.3, -0.25) is 4.79 Å². The summed E-state index contributed by atoms with van der Waals surface area (Å²) in [6.07, 6.45) is 0.458. The minimum atomic E-state index is 0.0563. The molecular formula is C15H22N2O4. The number of rotatable bonds is 7. The molecule has 1 heterocycles. The van der Waals surface area contributed by atoms with E-state index in [1.165, 1.54) is 0 Å². The van der Waals surface area contributed by atoms with Crippen molar-refractivity contribution in [2.45, 2.75) is 32.9 Å². The van der Waals surface area contributed by atoms with Gasteiger partial charge in [0.05, 0.1) is 7.11 Å². The number of benzene rings is 1. The molecule has 6 heteroatoms. The Morgan fingerprint density at radius 2 is 2.19 bits per heavy atom. The van der Waals surface area contributed by atoms with Gasteiger partial charge in [0.25, 0.3) is 0 Å². The number of hydrogen-bond acceptors (Lipinski definition) is 5. The van der Waals surface area contributed by atoms with E-state index in [-0.39, 0.29) is 18.7 Å². The molecule has 0 spiro atoms. The smallest absolute Gasteiger partial charge is 0.231 e. The molecular weight excluding hydrogens is 272 g/mol. The minimum Gasteiger partial charge on any atom is -0.493 e. The van der Waals surface area contributed by atoms with Crippen LogP contribution in [0, 0.1) is 0 Å². The Kier molecular flexibility index (Phi) is 5.27. The highest BCUT2D eigenvalue weighted by atomic mass is 16.7. The van der Waals surface area contributed by atoms with E-state index >= 15 is 0 Å². The quantitative estimate of drug-likeness (QED) is 0.745. The van der Waals surface area contributed by atoms with Gasteiger partial charge in [-0.05, 0) is 31.5 Å². The van der Waals surface area contributed by atoms with Crippen LogP contribution in [0.15, 0.2) is 12.1 Å². The Bertz CT molecular complexity index is 503. The van der Waals surface area contributed by atoms with E-state index in [1.807, 2.05) is 26.0 Å². The predicted octanol–water partition coefficient (Wildman–Crippen LogP) is 1.43. The lowest BCUT2D eigenvalue weighted by molar-refractivity contribution is -0.121. The van der Waals surface area contributed by atoms with Gasteiger partial charge in [0.15, 0.2) is 11.5 Å². The molecule has 0 atom stereocenters. The van der Waals surface area contributed by atoms with Crippen LogP contribution in [-0.2, 0) is 11.3 Å². The normalized spacial score (nSPS) is 12.6. The molecule has 1 aromatic rings. The molecule has 1 amide bonds. The van der Waals surface area contributed by atoms with Gasteiger partial charge >= 0.3 is 0 Å². The Morgan fingerprint density at radius 1 is 1.38 bits per heavy atom. The van der Waals surface area contributed by atoms with Crippen molar-refractivity contribution in [2.75, 3.05) is 20.4 Å². The Balaban J connectivity index is 1.83. The molecule has 6 nitrogen and oxygen atoms in total. The van der Waals surface area contributed by atoms with E-state index in [2.05, 4.69) is 10.6 Å². The molecule has 0 saturated heterocycles. The van der Waals surface area contributed by atoms with Crippen molar-refractivity contribution < 1.29 is 19.0 Å². The number of carbonyl (C=O) groups is 1. The molecule has 0 unspecified atom stereocenters. The molecule has 2 rings (SSSR count). The summed E-state index contributed by atoms with van der Waals surface area (Å²) in [5, 5.41) is 6.09. The van der Waals surface area contributed by atoms with Crippen LogP contribution in [0.25, 0.3) is 0 Å². The first-order valence-corrected chi connectivity index (χ1v) is 7.06. The summed E-state index contributed by atoms with van der Waals surface area (Å²) in [6.45, 7) is 5.38. The molecule has 116 valence electrons. The molecule has 0 aliphatic carbocycles. The third-order valence-electron chi connectivity index (χ3n) is 3.03. The van der Waals surface area contributed by atoms with Gasteiger partial charge in [0.1, 0.15) is 0 Å². The first kappa shape index (κ1) is 15.4. The molecule has 0 bridgehead atoms. The zero-order valence-corrected chi connectivity index (χ0v) is 12.7. The van der Waals surface area contributed by atoms with Crippen molar-refractivity contribution in [3.8, 4) is 17.2 Å². The lowest BCUT2D eigenvalue weighted by Gasteiger charge is -2.10. The van der Waals surface area contributed by atoms with Crippen molar-refractivity contribution in [3.63, 3.8) is 0 Å². The molecule has 2 N–H and O–H groups in total. The van der Waals surface area contributed by atoms with Crippen LogP contribution in [0.1, 0.15) is 25.8 Å². The number of nitrogens with one attached hydrogen (secondary N) is 2. The van der Waals surface area contributed by atoms with Crippen LogP contribution >= 0.6 is 0 Å². The van der Waals surface area contributed by atoms with Gasteiger partial charge in [0.2, 0.25) is 18.4 Å². The predicted molar refractivity (Wildman–Crippen MR) is 78.7 cm³/mol. The number of ether oxygens (including phenoxy) is 3. The highest BCUT2D eigenvalue weighted by Gasteiger charge is 2.19. The minimum absolute atomic E-state index is 0.0563. The molecule has 0 fully saturated rings. The average Bonchev–Trinajstić information content (AvgIpc) is 2.90. The largest absolute Gasteiger partial charge is 0.493 e. The van der Waals surface area contributed by atoms with Crippen molar-refractivity contribution in [1.29, 1.82) is 0 Å². The zero-order valence-electron chi connectivity index (χ0n) is 12.7. The molecule has 21 heavy (non-hydrogen) atoms. The molecule has 0 aromatic heterocycles. The summed E-state index contributed by atoms with van der Waals surface area (Å²) < 4.78 is 16.0. The van der Waals surface area contributed by atoms with Gasteiger partial charge in [-0.15, -0.1) is 0 Å². The second-order valence-corrected chi connectivity index (χ2v) is 5.18. The zero-order chi connectivity index (χ0) is 15.2. The van der Waals surface area contributed by atoms with Gasteiger partial charge in [-0.2, -0.15) is 0 Å². The van der Waals surface area contributed by atoms with Crippen LogP contribution in [0.4, 0.5) is 0 Å². The Labute approximate surface area is 124 Å². The van der Waals surface area contributed by atoms with Crippen LogP contribution in [-0.4, -0.2) is 32.4 Å². The monoisotopic (exact) mass is 294 g/mol. The summed E-state index contributed by atoms with van der Waals surface area (Å²) in [4.78, 5) is 11.5. The third-order valence-corrected chi connectivity index (χ3v) is 3.03. The third kappa shape index (κ3) is 4.26. The highest BCUT2D eigenvalue weighted by Crippen LogP contribution is 2.41. The van der Waals surface area contributed by atoms with Gasteiger partial charge in [-0.1, -0.05) is 0 Å². The summed E-state index contributed by atoms with van der Waals surface area (Å²) in [6, 6.07) is 4.01. The van der Waals surface area contributed by atoms with E-state index in [9.17, 15) is 4.79 Å². The maximum absolute atomic E-state index is 11.5. The fourth-order valence-electron chi connectivity index (χ4n) is 2.11. The fraction of sp³-hybridized carbons (Fsp3) is 0.533. The van der Waals surface area contributed by atoms with E-state index in [1.54, 1.807) is 7.11 Å². The maximum atomic E-state index is 11.5. The summed E-state index contributed by atoms with van der Waals surface area (Å²) in [5.41, 5.74) is 1.03. The lowest BCUT2D eigenvalue weighted by atomic mass is 10.2. The number of hydrogen-bond donors (Lipinski definition) is 2. The number of amides is 1. The van der Waals surface area contributed by atoms with Crippen molar-refractivity contribution in [1.82, 2.24) is 10.6 Å². The lowest BCUT2D eigenvalue weighted by Crippen LogP contribution is -2.32. The van der Waals surface area contributed by atoms with Crippen LogP contribution in [0.3, 0.4) is 0 Å². The summed E-state index contributed by atoms with van der Waals surface area (Å²) >= 11 is 0. The number of fused-ring (bicyclic) bond motifs is 1. The van der Waals surface area contributed by atoms with Crippen molar-refractivity contribution in [2.24, 2.45) is 0 Å². The second-order valence-electron chi connectivity index (χ2n) is 5.18. The van der Waals surface area contributed by atoms with Gasteiger partial charge in [-0.25, -0.2) is 0 Å². The number of methoxy groups -OCH3 is 1. The van der Waals surface area contributed by atoms with E-state index in [0.717, 1.165) is 5.56 Å². The van der Waals surface area contributed by atoms with E-state index < -0.39 is 0 Å². The van der Waals surface area contributed by atoms with E-state index in [0.29, 0.717) is 36.8 Å². The van der Waals surface area contributed by atoms with Crippen LogP contribution < -0.4 is 24.8 Å². The first-order chi connectivity index (χ1) is 10.1. The molecule has 1 aliphatic rings. The summed E-state index contributed by atoms with van der Waals surface area (Å²) in [7, 11) is 1.60. The molecule has 0 radical (unpaired) electrons. The van der Waals surface area contributed by atoms with Gasteiger partial charge in [0, 0.05) is 25.6 Å². The van der Waals surface area contributed by atoms with Gasteiger partial charge < -0.3 is 24.8 Å². The van der Waals surface area contributed by atoms with Crippen LogP contribution in [0.2, 0.25) is 0 Å². The van der Waals surface area contributed by atoms with Crippen LogP contribution in [0.5, 0.6) is 17.2 Å². The van der Waals surface area contributed by atoms with Crippen molar-refractivity contribution in [3.05, 3.63) is 17.7 Å². The highest BCUT2D eigenvalue weighted by molar-refractivity contribution is 5.76. The van der Waals surface area contributed by atoms with Crippen molar-refractivity contribution >= 4 is 5.91 Å².